The van der Waals surface area contributed by atoms with Gasteiger partial charge in [-0.1, -0.05) is 54.1 Å². The number of nitrogens with zero attached hydrogens (tertiary/aromatic N) is 3. The number of halogens is 1. The van der Waals surface area contributed by atoms with Gasteiger partial charge in [0.15, 0.2) is 0 Å². The molecular formula is C20H21ClN4O. The average molecular weight is 369 g/mol. The van der Waals surface area contributed by atoms with E-state index in [2.05, 4.69) is 16.5 Å². The van der Waals surface area contributed by atoms with Crippen molar-refractivity contribution >= 4 is 17.6 Å². The highest BCUT2D eigenvalue weighted by molar-refractivity contribution is 6.31. The standard InChI is InChI=1S/C20H21ClN4O/c1-24(14-18-9-4-5-10-19(18)21)20(26)22-13-16-7-2-3-8-17(16)15-25-12-6-11-23-25/h2-12H,13-15H2,1H3,(H,22,26). The molecule has 0 bridgehead atoms. The summed E-state index contributed by atoms with van der Waals surface area (Å²) in [5.74, 6) is 0. The molecule has 1 aromatic heterocycles. The van der Waals surface area contributed by atoms with Gasteiger partial charge >= 0.3 is 6.03 Å². The van der Waals surface area contributed by atoms with E-state index in [4.69, 9.17) is 11.6 Å². The predicted octanol–water partition coefficient (Wildman–Crippen LogP) is 3.93. The number of aromatic nitrogens is 2. The Morgan fingerprint density at radius 1 is 1.08 bits per heavy atom. The molecule has 1 N–H and O–H groups in total. The van der Waals surface area contributed by atoms with Crippen LogP contribution in [0, 0.1) is 0 Å². The van der Waals surface area contributed by atoms with Crippen LogP contribution in [0.2, 0.25) is 5.02 Å². The number of carbonyl (C=O) groups is 1. The molecule has 5 nitrogen and oxygen atoms in total. The largest absolute Gasteiger partial charge is 0.334 e. The summed E-state index contributed by atoms with van der Waals surface area (Å²) in [6, 6.07) is 17.3. The van der Waals surface area contributed by atoms with Gasteiger partial charge < -0.3 is 10.2 Å². The molecule has 0 unspecified atom stereocenters. The molecule has 0 aliphatic carbocycles. The first-order valence-corrected chi connectivity index (χ1v) is 8.78. The maximum Gasteiger partial charge on any atom is 0.317 e. The van der Waals surface area contributed by atoms with E-state index >= 15 is 0 Å². The molecule has 0 fully saturated rings. The third kappa shape index (κ3) is 4.64. The van der Waals surface area contributed by atoms with Crippen molar-refractivity contribution in [3.63, 3.8) is 0 Å². The minimum Gasteiger partial charge on any atom is -0.334 e. The van der Waals surface area contributed by atoms with Gasteiger partial charge in [-0.25, -0.2) is 4.79 Å². The van der Waals surface area contributed by atoms with E-state index in [1.807, 2.05) is 59.4 Å². The van der Waals surface area contributed by atoms with Crippen LogP contribution in [-0.2, 0) is 19.6 Å². The van der Waals surface area contributed by atoms with Crippen LogP contribution in [0.15, 0.2) is 67.0 Å². The molecule has 3 aromatic rings. The molecule has 26 heavy (non-hydrogen) atoms. The van der Waals surface area contributed by atoms with Gasteiger partial charge in [0.1, 0.15) is 0 Å². The van der Waals surface area contributed by atoms with E-state index in [1.165, 1.54) is 0 Å². The highest BCUT2D eigenvalue weighted by Crippen LogP contribution is 2.16. The zero-order valence-corrected chi connectivity index (χ0v) is 15.4. The van der Waals surface area contributed by atoms with Gasteiger partial charge in [-0.05, 0) is 28.8 Å². The summed E-state index contributed by atoms with van der Waals surface area (Å²) in [4.78, 5) is 14.0. The van der Waals surface area contributed by atoms with Gasteiger partial charge in [0.2, 0.25) is 0 Å². The van der Waals surface area contributed by atoms with Crippen LogP contribution in [0.4, 0.5) is 4.79 Å². The van der Waals surface area contributed by atoms with Crippen molar-refractivity contribution in [2.24, 2.45) is 0 Å². The fraction of sp³-hybridized carbons (Fsp3) is 0.200. The van der Waals surface area contributed by atoms with Gasteiger partial charge in [0.05, 0.1) is 6.54 Å². The molecule has 6 heteroatoms. The lowest BCUT2D eigenvalue weighted by molar-refractivity contribution is 0.206. The first kappa shape index (κ1) is 18.0. The smallest absolute Gasteiger partial charge is 0.317 e. The molecule has 3 rings (SSSR count). The van der Waals surface area contributed by atoms with Crippen molar-refractivity contribution in [1.29, 1.82) is 0 Å². The second-order valence-corrected chi connectivity index (χ2v) is 6.49. The molecular weight excluding hydrogens is 348 g/mol. The summed E-state index contributed by atoms with van der Waals surface area (Å²) in [7, 11) is 1.76. The number of amides is 2. The molecule has 134 valence electrons. The number of urea groups is 1. The fourth-order valence-electron chi connectivity index (χ4n) is 2.71. The number of benzene rings is 2. The highest BCUT2D eigenvalue weighted by atomic mass is 35.5. The lowest BCUT2D eigenvalue weighted by Gasteiger charge is -2.19. The maximum absolute atomic E-state index is 12.4. The van der Waals surface area contributed by atoms with Crippen molar-refractivity contribution in [2.75, 3.05) is 7.05 Å². The highest BCUT2D eigenvalue weighted by Gasteiger charge is 2.11. The third-order valence-electron chi connectivity index (χ3n) is 4.15. The second-order valence-electron chi connectivity index (χ2n) is 6.08. The lowest BCUT2D eigenvalue weighted by atomic mass is 10.1. The minimum absolute atomic E-state index is 0.140. The fourth-order valence-corrected chi connectivity index (χ4v) is 2.91. The van der Waals surface area contributed by atoms with Gasteiger partial charge in [0, 0.05) is 37.6 Å². The summed E-state index contributed by atoms with van der Waals surface area (Å²) in [6.07, 6.45) is 3.68. The summed E-state index contributed by atoms with van der Waals surface area (Å²) in [5.41, 5.74) is 3.12. The molecule has 0 radical (unpaired) electrons. The van der Waals surface area contributed by atoms with Crippen LogP contribution < -0.4 is 5.32 Å². The van der Waals surface area contributed by atoms with E-state index < -0.39 is 0 Å². The maximum atomic E-state index is 12.4. The van der Waals surface area contributed by atoms with Crippen LogP contribution in [0.1, 0.15) is 16.7 Å². The van der Waals surface area contributed by atoms with Crippen LogP contribution in [0.3, 0.4) is 0 Å². The molecule has 2 aromatic carbocycles. The number of hydrogen-bond acceptors (Lipinski definition) is 2. The summed E-state index contributed by atoms with van der Waals surface area (Å²) in [6.45, 7) is 1.60. The van der Waals surface area contributed by atoms with E-state index in [-0.39, 0.29) is 6.03 Å². The number of carbonyl (C=O) groups excluding carboxylic acids is 1. The number of rotatable bonds is 6. The van der Waals surface area contributed by atoms with Crippen molar-refractivity contribution in [1.82, 2.24) is 20.0 Å². The Hall–Kier alpha value is -2.79. The Kier molecular flexibility index (Phi) is 5.92. The van der Waals surface area contributed by atoms with Crippen LogP contribution >= 0.6 is 11.6 Å². The Balaban J connectivity index is 1.60. The summed E-state index contributed by atoms with van der Waals surface area (Å²) in [5, 5.41) is 7.88. The number of hydrogen-bond donors (Lipinski definition) is 1. The molecule has 0 aliphatic rings. The van der Waals surface area contributed by atoms with E-state index in [1.54, 1.807) is 18.1 Å². The first-order chi connectivity index (χ1) is 12.6. The van der Waals surface area contributed by atoms with Crippen molar-refractivity contribution in [2.45, 2.75) is 19.6 Å². The Labute approximate surface area is 158 Å². The topological polar surface area (TPSA) is 50.2 Å². The number of nitrogens with one attached hydrogen (secondary N) is 1. The summed E-state index contributed by atoms with van der Waals surface area (Å²) >= 11 is 6.17. The molecule has 0 saturated heterocycles. The average Bonchev–Trinajstić information content (AvgIpc) is 3.15. The van der Waals surface area contributed by atoms with Gasteiger partial charge in [-0.3, -0.25) is 4.68 Å². The molecule has 1 heterocycles. The zero-order chi connectivity index (χ0) is 18.4. The second kappa shape index (κ2) is 8.54. The third-order valence-corrected chi connectivity index (χ3v) is 4.52. The van der Waals surface area contributed by atoms with Crippen molar-refractivity contribution in [3.8, 4) is 0 Å². The van der Waals surface area contributed by atoms with E-state index in [0.717, 1.165) is 16.7 Å². The molecule has 2 amide bonds. The molecule has 0 saturated carbocycles. The molecule has 0 aliphatic heterocycles. The van der Waals surface area contributed by atoms with E-state index in [0.29, 0.717) is 24.7 Å². The zero-order valence-electron chi connectivity index (χ0n) is 14.6. The van der Waals surface area contributed by atoms with Gasteiger partial charge in [-0.2, -0.15) is 5.10 Å². The molecule has 0 spiro atoms. The predicted molar refractivity (Wildman–Crippen MR) is 103 cm³/mol. The normalized spacial score (nSPS) is 10.5. The SMILES string of the molecule is CN(Cc1ccccc1Cl)C(=O)NCc1ccccc1Cn1cccn1. The van der Waals surface area contributed by atoms with Crippen LogP contribution in [0.5, 0.6) is 0 Å². The Morgan fingerprint density at radius 3 is 2.46 bits per heavy atom. The van der Waals surface area contributed by atoms with E-state index in [9.17, 15) is 4.79 Å². The van der Waals surface area contributed by atoms with Crippen molar-refractivity contribution in [3.05, 3.63) is 88.7 Å². The van der Waals surface area contributed by atoms with Crippen LogP contribution in [-0.4, -0.2) is 27.8 Å². The lowest BCUT2D eigenvalue weighted by Crippen LogP contribution is -2.36. The molecule has 0 atom stereocenters. The van der Waals surface area contributed by atoms with Gasteiger partial charge in [0.25, 0.3) is 0 Å². The van der Waals surface area contributed by atoms with Gasteiger partial charge in [-0.15, -0.1) is 0 Å². The van der Waals surface area contributed by atoms with Crippen molar-refractivity contribution < 1.29 is 4.79 Å². The summed E-state index contributed by atoms with van der Waals surface area (Å²) < 4.78 is 1.87. The monoisotopic (exact) mass is 368 g/mol. The minimum atomic E-state index is -0.140. The quantitative estimate of drug-likeness (QED) is 0.716. The van der Waals surface area contributed by atoms with Crippen LogP contribution in [0.25, 0.3) is 0 Å². The Bertz CT molecular complexity index is 864. The Morgan fingerprint density at radius 2 is 1.77 bits per heavy atom. The first-order valence-electron chi connectivity index (χ1n) is 8.40.